The van der Waals surface area contributed by atoms with E-state index in [4.69, 9.17) is 4.74 Å². The van der Waals surface area contributed by atoms with Crippen LogP contribution < -0.4 is 5.32 Å². The number of carbonyl (C=O) groups is 1. The SMILES string of the molecule is Cc1ccc(C)c(Sc2ccc(NC(=O)CN3CCOCC3)cc2)c1. The van der Waals surface area contributed by atoms with Crippen LogP contribution in [0.1, 0.15) is 11.1 Å². The molecular weight excluding hydrogens is 332 g/mol. The normalized spacial score (nSPS) is 15.1. The Morgan fingerprint density at radius 1 is 1.12 bits per heavy atom. The molecule has 1 aliphatic heterocycles. The highest BCUT2D eigenvalue weighted by Gasteiger charge is 2.14. The van der Waals surface area contributed by atoms with Crippen LogP contribution in [-0.4, -0.2) is 43.7 Å². The van der Waals surface area contributed by atoms with Crippen molar-refractivity contribution in [3.05, 3.63) is 53.6 Å². The number of hydrogen-bond donors (Lipinski definition) is 1. The minimum absolute atomic E-state index is 0.0248. The third-order valence-electron chi connectivity index (χ3n) is 4.18. The molecule has 0 unspecified atom stereocenters. The molecule has 0 atom stereocenters. The fourth-order valence-corrected chi connectivity index (χ4v) is 3.71. The van der Waals surface area contributed by atoms with Gasteiger partial charge in [-0.3, -0.25) is 9.69 Å². The predicted molar refractivity (Wildman–Crippen MR) is 102 cm³/mol. The number of amides is 1. The quantitative estimate of drug-likeness (QED) is 0.886. The summed E-state index contributed by atoms with van der Waals surface area (Å²) < 4.78 is 5.30. The van der Waals surface area contributed by atoms with Crippen molar-refractivity contribution < 1.29 is 9.53 Å². The molecular formula is C20H24N2O2S. The summed E-state index contributed by atoms with van der Waals surface area (Å²) in [5.74, 6) is 0.0248. The number of morpholine rings is 1. The van der Waals surface area contributed by atoms with Crippen molar-refractivity contribution in [1.82, 2.24) is 4.90 Å². The van der Waals surface area contributed by atoms with Gasteiger partial charge in [-0.15, -0.1) is 0 Å². The Balaban J connectivity index is 1.56. The lowest BCUT2D eigenvalue weighted by atomic mass is 10.2. The Kier molecular flexibility index (Phi) is 6.13. The Bertz CT molecular complexity index is 725. The number of nitrogens with zero attached hydrogens (tertiary/aromatic N) is 1. The van der Waals surface area contributed by atoms with Gasteiger partial charge in [0.05, 0.1) is 19.8 Å². The van der Waals surface area contributed by atoms with Gasteiger partial charge in [0.1, 0.15) is 0 Å². The number of benzene rings is 2. The maximum absolute atomic E-state index is 12.1. The summed E-state index contributed by atoms with van der Waals surface area (Å²) in [5, 5.41) is 2.97. The molecule has 0 bridgehead atoms. The van der Waals surface area contributed by atoms with Gasteiger partial charge in [0, 0.05) is 28.6 Å². The summed E-state index contributed by atoms with van der Waals surface area (Å²) in [5.41, 5.74) is 3.38. The molecule has 2 aromatic carbocycles. The number of nitrogens with one attached hydrogen (secondary N) is 1. The van der Waals surface area contributed by atoms with Gasteiger partial charge in [-0.25, -0.2) is 0 Å². The average Bonchev–Trinajstić information content (AvgIpc) is 2.61. The molecule has 4 nitrogen and oxygen atoms in total. The van der Waals surface area contributed by atoms with Crippen LogP contribution in [0.5, 0.6) is 0 Å². The minimum Gasteiger partial charge on any atom is -0.379 e. The van der Waals surface area contributed by atoms with Crippen LogP contribution in [0.25, 0.3) is 0 Å². The van der Waals surface area contributed by atoms with E-state index in [0.29, 0.717) is 19.8 Å². The van der Waals surface area contributed by atoms with Gasteiger partial charge in [0.25, 0.3) is 0 Å². The Morgan fingerprint density at radius 3 is 2.56 bits per heavy atom. The second-order valence-electron chi connectivity index (χ2n) is 6.33. The lowest BCUT2D eigenvalue weighted by Crippen LogP contribution is -2.41. The van der Waals surface area contributed by atoms with Gasteiger partial charge in [-0.1, -0.05) is 23.9 Å². The van der Waals surface area contributed by atoms with Crippen molar-refractivity contribution >= 4 is 23.4 Å². The zero-order valence-electron chi connectivity index (χ0n) is 14.7. The van der Waals surface area contributed by atoms with Crippen molar-refractivity contribution in [3.63, 3.8) is 0 Å². The molecule has 132 valence electrons. The molecule has 0 aromatic heterocycles. The molecule has 1 amide bonds. The van der Waals surface area contributed by atoms with Gasteiger partial charge >= 0.3 is 0 Å². The van der Waals surface area contributed by atoms with Crippen LogP contribution in [-0.2, 0) is 9.53 Å². The molecule has 0 radical (unpaired) electrons. The topological polar surface area (TPSA) is 41.6 Å². The van der Waals surface area contributed by atoms with Crippen molar-refractivity contribution in [2.75, 3.05) is 38.2 Å². The fourth-order valence-electron chi connectivity index (χ4n) is 2.71. The largest absolute Gasteiger partial charge is 0.379 e. The number of carbonyl (C=O) groups excluding carboxylic acids is 1. The highest BCUT2D eigenvalue weighted by atomic mass is 32.2. The number of anilines is 1. The van der Waals surface area contributed by atoms with E-state index in [1.165, 1.54) is 20.9 Å². The van der Waals surface area contributed by atoms with Crippen LogP contribution in [0.15, 0.2) is 52.3 Å². The Labute approximate surface area is 153 Å². The number of ether oxygens (including phenoxy) is 1. The molecule has 1 fully saturated rings. The summed E-state index contributed by atoms with van der Waals surface area (Å²) in [4.78, 5) is 16.7. The summed E-state index contributed by atoms with van der Waals surface area (Å²) in [6.45, 7) is 7.70. The first-order chi connectivity index (χ1) is 12.1. The number of rotatable bonds is 5. The minimum atomic E-state index is 0.0248. The van der Waals surface area contributed by atoms with Gasteiger partial charge < -0.3 is 10.1 Å². The van der Waals surface area contributed by atoms with Crippen LogP contribution in [0, 0.1) is 13.8 Å². The summed E-state index contributed by atoms with van der Waals surface area (Å²) in [6, 6.07) is 14.5. The van der Waals surface area contributed by atoms with E-state index in [-0.39, 0.29) is 5.91 Å². The summed E-state index contributed by atoms with van der Waals surface area (Å²) in [6.07, 6.45) is 0. The van der Waals surface area contributed by atoms with E-state index in [1.807, 2.05) is 12.1 Å². The maximum atomic E-state index is 12.1. The van der Waals surface area contributed by atoms with Crippen LogP contribution in [0.2, 0.25) is 0 Å². The third kappa shape index (κ3) is 5.33. The number of aryl methyl sites for hydroxylation is 2. The average molecular weight is 356 g/mol. The smallest absolute Gasteiger partial charge is 0.238 e. The lowest BCUT2D eigenvalue weighted by molar-refractivity contribution is -0.118. The fraction of sp³-hybridized carbons (Fsp3) is 0.350. The van der Waals surface area contributed by atoms with E-state index in [9.17, 15) is 4.79 Å². The maximum Gasteiger partial charge on any atom is 0.238 e. The van der Waals surface area contributed by atoms with Crippen LogP contribution in [0.4, 0.5) is 5.69 Å². The molecule has 3 rings (SSSR count). The molecule has 0 aliphatic carbocycles. The zero-order chi connectivity index (χ0) is 17.6. The summed E-state index contributed by atoms with van der Waals surface area (Å²) >= 11 is 1.75. The predicted octanol–water partition coefficient (Wildman–Crippen LogP) is 3.73. The first kappa shape index (κ1) is 18.0. The third-order valence-corrected chi connectivity index (χ3v) is 5.35. The standard InChI is InChI=1S/C20H24N2O2S/c1-15-3-4-16(2)19(13-15)25-18-7-5-17(6-8-18)21-20(23)14-22-9-11-24-12-10-22/h3-8,13H,9-12,14H2,1-2H3,(H,21,23). The van der Waals surface area contributed by atoms with E-state index in [0.717, 1.165) is 18.8 Å². The highest BCUT2D eigenvalue weighted by Crippen LogP contribution is 2.31. The lowest BCUT2D eigenvalue weighted by Gasteiger charge is -2.25. The van der Waals surface area contributed by atoms with E-state index < -0.39 is 0 Å². The van der Waals surface area contributed by atoms with E-state index in [2.05, 4.69) is 54.4 Å². The van der Waals surface area contributed by atoms with Crippen molar-refractivity contribution in [1.29, 1.82) is 0 Å². The van der Waals surface area contributed by atoms with Crippen molar-refractivity contribution in [2.45, 2.75) is 23.6 Å². The first-order valence-corrected chi connectivity index (χ1v) is 9.37. The first-order valence-electron chi connectivity index (χ1n) is 8.55. The molecule has 2 aromatic rings. The molecule has 5 heteroatoms. The highest BCUT2D eigenvalue weighted by molar-refractivity contribution is 7.99. The Hall–Kier alpha value is -1.82. The summed E-state index contributed by atoms with van der Waals surface area (Å²) in [7, 11) is 0. The van der Waals surface area contributed by atoms with Gasteiger partial charge in [0.15, 0.2) is 0 Å². The molecule has 0 spiro atoms. The van der Waals surface area contributed by atoms with Crippen molar-refractivity contribution in [2.24, 2.45) is 0 Å². The number of hydrogen-bond acceptors (Lipinski definition) is 4. The van der Waals surface area contributed by atoms with Crippen LogP contribution >= 0.6 is 11.8 Å². The van der Waals surface area contributed by atoms with Gasteiger partial charge in [-0.2, -0.15) is 0 Å². The molecule has 1 N–H and O–H groups in total. The molecule has 0 saturated carbocycles. The Morgan fingerprint density at radius 2 is 1.84 bits per heavy atom. The van der Waals surface area contributed by atoms with Gasteiger partial charge in [0.2, 0.25) is 5.91 Å². The van der Waals surface area contributed by atoms with Crippen LogP contribution in [0.3, 0.4) is 0 Å². The van der Waals surface area contributed by atoms with Gasteiger partial charge in [-0.05, 0) is 55.3 Å². The monoisotopic (exact) mass is 356 g/mol. The van der Waals surface area contributed by atoms with E-state index >= 15 is 0 Å². The molecule has 25 heavy (non-hydrogen) atoms. The zero-order valence-corrected chi connectivity index (χ0v) is 15.6. The molecule has 1 saturated heterocycles. The second-order valence-corrected chi connectivity index (χ2v) is 7.45. The molecule has 1 aliphatic rings. The van der Waals surface area contributed by atoms with E-state index in [1.54, 1.807) is 11.8 Å². The molecule has 1 heterocycles. The van der Waals surface area contributed by atoms with Crippen molar-refractivity contribution in [3.8, 4) is 0 Å². The second kappa shape index (κ2) is 8.52.